The van der Waals surface area contributed by atoms with E-state index < -0.39 is 0 Å². The molecule has 0 aliphatic rings. The molecule has 0 saturated heterocycles. The molecule has 0 amide bonds. The van der Waals surface area contributed by atoms with E-state index in [-0.39, 0.29) is 5.78 Å². The molecule has 0 bridgehead atoms. The van der Waals surface area contributed by atoms with Gasteiger partial charge in [-0.1, -0.05) is 36.9 Å². The van der Waals surface area contributed by atoms with Crippen molar-refractivity contribution in [2.24, 2.45) is 0 Å². The molecule has 0 unspecified atom stereocenters. The average Bonchev–Trinajstić information content (AvgIpc) is 2.97. The van der Waals surface area contributed by atoms with Gasteiger partial charge in [0.2, 0.25) is 0 Å². The largest absolute Gasteiger partial charge is 0.489 e. The minimum absolute atomic E-state index is 0.00789. The summed E-state index contributed by atoms with van der Waals surface area (Å²) >= 11 is 1.44. The highest BCUT2D eigenvalue weighted by atomic mass is 32.1. The normalized spacial score (nSPS) is 10.5. The van der Waals surface area contributed by atoms with Gasteiger partial charge in [-0.05, 0) is 29.7 Å². The molecule has 2 nitrogen and oxygen atoms in total. The molecule has 1 aromatic carbocycles. The van der Waals surface area contributed by atoms with E-state index in [0.29, 0.717) is 6.61 Å². The SMILES string of the molecule is C=CCOc1ccccc1/C=C/C(=O)c1cccs1. The maximum atomic E-state index is 11.9. The van der Waals surface area contributed by atoms with Crippen molar-refractivity contribution < 1.29 is 9.53 Å². The number of benzene rings is 1. The Hall–Kier alpha value is -2.13. The fraction of sp³-hybridized carbons (Fsp3) is 0.0625. The number of rotatable bonds is 6. The third-order valence-corrected chi connectivity index (χ3v) is 3.34. The summed E-state index contributed by atoms with van der Waals surface area (Å²) in [5, 5.41) is 1.89. The summed E-state index contributed by atoms with van der Waals surface area (Å²) < 4.78 is 5.53. The van der Waals surface area contributed by atoms with Crippen LogP contribution in [0.4, 0.5) is 0 Å². The smallest absolute Gasteiger partial charge is 0.195 e. The predicted molar refractivity (Wildman–Crippen MR) is 79.8 cm³/mol. The molecule has 0 saturated carbocycles. The topological polar surface area (TPSA) is 26.3 Å². The first kappa shape index (κ1) is 13.3. The first-order chi connectivity index (χ1) is 9.31. The fourth-order valence-electron chi connectivity index (χ4n) is 1.56. The van der Waals surface area contributed by atoms with Gasteiger partial charge in [0.1, 0.15) is 12.4 Å². The van der Waals surface area contributed by atoms with Crippen LogP contribution < -0.4 is 4.74 Å². The van der Waals surface area contributed by atoms with Crippen LogP contribution in [-0.4, -0.2) is 12.4 Å². The van der Waals surface area contributed by atoms with Crippen molar-refractivity contribution in [3.8, 4) is 5.75 Å². The number of allylic oxidation sites excluding steroid dienone is 1. The van der Waals surface area contributed by atoms with Crippen LogP contribution >= 0.6 is 11.3 Å². The molecule has 0 aliphatic carbocycles. The number of hydrogen-bond acceptors (Lipinski definition) is 3. The van der Waals surface area contributed by atoms with Crippen LogP contribution in [0.25, 0.3) is 6.08 Å². The first-order valence-corrected chi connectivity index (χ1v) is 6.78. The van der Waals surface area contributed by atoms with E-state index in [1.807, 2.05) is 41.8 Å². The summed E-state index contributed by atoms with van der Waals surface area (Å²) in [6.45, 7) is 4.07. The van der Waals surface area contributed by atoms with Gasteiger partial charge in [0.15, 0.2) is 5.78 Å². The van der Waals surface area contributed by atoms with Crippen molar-refractivity contribution >= 4 is 23.2 Å². The number of ether oxygens (including phenoxy) is 1. The Kier molecular flexibility index (Phi) is 4.70. The Morgan fingerprint density at radius 1 is 1.26 bits per heavy atom. The molecule has 0 radical (unpaired) electrons. The van der Waals surface area contributed by atoms with Gasteiger partial charge in [-0.25, -0.2) is 0 Å². The molecule has 2 aromatic rings. The fourth-order valence-corrected chi connectivity index (χ4v) is 2.21. The number of thiophene rings is 1. The van der Waals surface area contributed by atoms with Crippen LogP contribution in [0, 0.1) is 0 Å². The summed E-state index contributed by atoms with van der Waals surface area (Å²) in [6, 6.07) is 11.3. The van der Waals surface area contributed by atoms with Gasteiger partial charge in [-0.2, -0.15) is 0 Å². The lowest BCUT2D eigenvalue weighted by molar-refractivity contribution is 0.105. The molecule has 19 heavy (non-hydrogen) atoms. The van der Waals surface area contributed by atoms with E-state index in [2.05, 4.69) is 6.58 Å². The highest BCUT2D eigenvalue weighted by Crippen LogP contribution is 2.20. The number of para-hydroxylation sites is 1. The van der Waals surface area contributed by atoms with Gasteiger partial charge >= 0.3 is 0 Å². The van der Waals surface area contributed by atoms with Gasteiger partial charge in [0.05, 0.1) is 4.88 Å². The molecule has 0 fully saturated rings. The van der Waals surface area contributed by atoms with E-state index in [4.69, 9.17) is 4.74 Å². The summed E-state index contributed by atoms with van der Waals surface area (Å²) in [4.78, 5) is 12.6. The van der Waals surface area contributed by atoms with Crippen molar-refractivity contribution in [1.82, 2.24) is 0 Å². The van der Waals surface area contributed by atoms with Gasteiger partial charge < -0.3 is 4.74 Å². The lowest BCUT2D eigenvalue weighted by Crippen LogP contribution is -1.95. The Bertz CT molecular complexity index is 583. The molecule has 3 heteroatoms. The summed E-state index contributed by atoms with van der Waals surface area (Å²) in [7, 11) is 0. The molecule has 1 aromatic heterocycles. The van der Waals surface area contributed by atoms with E-state index in [0.717, 1.165) is 16.2 Å². The molecular formula is C16H14O2S. The second-order valence-corrected chi connectivity index (χ2v) is 4.76. The molecular weight excluding hydrogens is 256 g/mol. The zero-order chi connectivity index (χ0) is 13.5. The van der Waals surface area contributed by atoms with Crippen molar-refractivity contribution in [3.05, 3.63) is 70.9 Å². The molecule has 96 valence electrons. The van der Waals surface area contributed by atoms with Crippen LogP contribution in [0.15, 0.2) is 60.5 Å². The van der Waals surface area contributed by atoms with Gasteiger partial charge in [-0.15, -0.1) is 11.3 Å². The second-order valence-electron chi connectivity index (χ2n) is 3.81. The highest BCUT2D eigenvalue weighted by Gasteiger charge is 2.03. The minimum Gasteiger partial charge on any atom is -0.489 e. The van der Waals surface area contributed by atoms with Gasteiger partial charge in [0, 0.05) is 5.56 Å². The number of carbonyl (C=O) groups is 1. The lowest BCUT2D eigenvalue weighted by atomic mass is 10.1. The van der Waals surface area contributed by atoms with Crippen LogP contribution in [0.3, 0.4) is 0 Å². The third-order valence-electron chi connectivity index (χ3n) is 2.45. The van der Waals surface area contributed by atoms with Crippen molar-refractivity contribution in [2.75, 3.05) is 6.61 Å². The van der Waals surface area contributed by atoms with Crippen LogP contribution in [0.2, 0.25) is 0 Å². The minimum atomic E-state index is 0.00789. The number of hydrogen-bond donors (Lipinski definition) is 0. The van der Waals surface area contributed by atoms with E-state index in [1.54, 1.807) is 18.2 Å². The Labute approximate surface area is 116 Å². The molecule has 1 heterocycles. The predicted octanol–water partition coefficient (Wildman–Crippen LogP) is 4.21. The molecule has 2 rings (SSSR count). The molecule has 0 N–H and O–H groups in total. The number of ketones is 1. The summed E-state index contributed by atoms with van der Waals surface area (Å²) in [5.74, 6) is 0.756. The average molecular weight is 270 g/mol. The van der Waals surface area contributed by atoms with E-state index >= 15 is 0 Å². The Balaban J connectivity index is 2.14. The van der Waals surface area contributed by atoms with Gasteiger partial charge in [-0.3, -0.25) is 4.79 Å². The van der Waals surface area contributed by atoms with Crippen LogP contribution in [0.5, 0.6) is 5.75 Å². The van der Waals surface area contributed by atoms with Crippen LogP contribution in [-0.2, 0) is 0 Å². The maximum absolute atomic E-state index is 11.9. The first-order valence-electron chi connectivity index (χ1n) is 5.90. The quantitative estimate of drug-likeness (QED) is 0.446. The second kappa shape index (κ2) is 6.71. The van der Waals surface area contributed by atoms with Crippen molar-refractivity contribution in [1.29, 1.82) is 0 Å². The number of carbonyl (C=O) groups excluding carboxylic acids is 1. The zero-order valence-electron chi connectivity index (χ0n) is 10.4. The van der Waals surface area contributed by atoms with E-state index in [9.17, 15) is 4.79 Å². The Morgan fingerprint density at radius 2 is 2.11 bits per heavy atom. The summed E-state index contributed by atoms with van der Waals surface area (Å²) in [6.07, 6.45) is 5.04. The van der Waals surface area contributed by atoms with Gasteiger partial charge in [0.25, 0.3) is 0 Å². The standard InChI is InChI=1S/C16H14O2S/c1-2-11-18-15-7-4-3-6-13(15)9-10-14(17)16-8-5-12-19-16/h2-10,12H,1,11H2/b10-9+. The summed E-state index contributed by atoms with van der Waals surface area (Å²) in [5.41, 5.74) is 0.884. The van der Waals surface area contributed by atoms with Crippen molar-refractivity contribution in [3.63, 3.8) is 0 Å². The third kappa shape index (κ3) is 3.66. The molecule has 0 aliphatic heterocycles. The Morgan fingerprint density at radius 3 is 2.84 bits per heavy atom. The lowest BCUT2D eigenvalue weighted by Gasteiger charge is -2.06. The molecule has 0 atom stereocenters. The highest BCUT2D eigenvalue weighted by molar-refractivity contribution is 7.12. The maximum Gasteiger partial charge on any atom is 0.195 e. The van der Waals surface area contributed by atoms with Crippen molar-refractivity contribution in [2.45, 2.75) is 0 Å². The molecule has 0 spiro atoms. The van der Waals surface area contributed by atoms with Crippen LogP contribution in [0.1, 0.15) is 15.2 Å². The zero-order valence-corrected chi connectivity index (χ0v) is 11.2. The monoisotopic (exact) mass is 270 g/mol. The van der Waals surface area contributed by atoms with E-state index in [1.165, 1.54) is 11.3 Å².